The van der Waals surface area contributed by atoms with Gasteiger partial charge in [0.1, 0.15) is 12.4 Å². The fourth-order valence-corrected chi connectivity index (χ4v) is 1.28. The van der Waals surface area contributed by atoms with E-state index in [4.69, 9.17) is 10.5 Å². The Hall–Kier alpha value is -1.26. The van der Waals surface area contributed by atoms with Crippen molar-refractivity contribution in [1.29, 1.82) is 0 Å². The largest absolute Gasteiger partial charge is 0.492 e. The molecule has 0 saturated carbocycles. The second-order valence-corrected chi connectivity index (χ2v) is 3.55. The van der Waals surface area contributed by atoms with Gasteiger partial charge in [0, 0.05) is 13.0 Å². The number of halogens is 1. The van der Waals surface area contributed by atoms with Crippen LogP contribution in [0.25, 0.3) is 0 Å². The Morgan fingerprint density at radius 3 is 2.88 bits per heavy atom. The summed E-state index contributed by atoms with van der Waals surface area (Å²) in [5, 5.41) is 2.72. The van der Waals surface area contributed by atoms with Gasteiger partial charge in [-0.3, -0.25) is 4.79 Å². The van der Waals surface area contributed by atoms with Gasteiger partial charge in [0.2, 0.25) is 5.91 Å². The molecule has 0 atom stereocenters. The highest BCUT2D eigenvalue weighted by molar-refractivity contribution is 5.85. The predicted octanol–water partition coefficient (Wildman–Crippen LogP) is 1.26. The van der Waals surface area contributed by atoms with Gasteiger partial charge in [-0.1, -0.05) is 12.1 Å². The van der Waals surface area contributed by atoms with Crippen molar-refractivity contribution in [2.45, 2.75) is 13.3 Å². The number of rotatable bonds is 6. The molecule has 1 aromatic rings. The van der Waals surface area contributed by atoms with E-state index in [1.807, 2.05) is 31.2 Å². The fourth-order valence-electron chi connectivity index (χ4n) is 1.28. The Balaban J connectivity index is 0.00000256. The predicted molar refractivity (Wildman–Crippen MR) is 70.6 cm³/mol. The molecule has 3 N–H and O–H groups in total. The first-order valence-electron chi connectivity index (χ1n) is 5.38. The molecule has 0 aliphatic heterocycles. The van der Waals surface area contributed by atoms with E-state index in [1.165, 1.54) is 0 Å². The fraction of sp³-hybridized carbons (Fsp3) is 0.417. The second-order valence-electron chi connectivity index (χ2n) is 3.55. The number of hydrogen-bond acceptors (Lipinski definition) is 3. The third-order valence-corrected chi connectivity index (χ3v) is 2.05. The number of nitrogens with two attached hydrogens (primary N) is 1. The zero-order valence-electron chi connectivity index (χ0n) is 9.94. The molecule has 5 heteroatoms. The Morgan fingerprint density at radius 1 is 1.47 bits per heavy atom. The summed E-state index contributed by atoms with van der Waals surface area (Å²) < 4.78 is 5.47. The summed E-state index contributed by atoms with van der Waals surface area (Å²) in [5.74, 6) is 0.795. The molecule has 0 bridgehead atoms. The molecule has 1 amide bonds. The highest BCUT2D eigenvalue weighted by Gasteiger charge is 1.98. The van der Waals surface area contributed by atoms with Crippen molar-refractivity contribution >= 4 is 18.3 Å². The number of nitrogens with one attached hydrogen (secondary N) is 1. The third kappa shape index (κ3) is 6.81. The third-order valence-electron chi connectivity index (χ3n) is 2.05. The van der Waals surface area contributed by atoms with Crippen LogP contribution in [0.2, 0.25) is 0 Å². The van der Waals surface area contributed by atoms with Crippen molar-refractivity contribution in [1.82, 2.24) is 5.32 Å². The van der Waals surface area contributed by atoms with Crippen LogP contribution in [0.1, 0.15) is 12.0 Å². The smallest absolute Gasteiger partial charge is 0.221 e. The van der Waals surface area contributed by atoms with Crippen molar-refractivity contribution in [2.24, 2.45) is 5.73 Å². The average molecular weight is 259 g/mol. The van der Waals surface area contributed by atoms with Crippen LogP contribution in [0.4, 0.5) is 0 Å². The standard InChI is InChI=1S/C12H18N2O2.ClH/c1-10-3-2-4-11(9-10)16-8-7-14-12(15)5-6-13;/h2-4,9H,5-8,13H2,1H3,(H,14,15);1H. The van der Waals surface area contributed by atoms with Crippen molar-refractivity contribution < 1.29 is 9.53 Å². The van der Waals surface area contributed by atoms with E-state index in [9.17, 15) is 4.79 Å². The lowest BCUT2D eigenvalue weighted by Gasteiger charge is -2.07. The first-order valence-corrected chi connectivity index (χ1v) is 5.38. The van der Waals surface area contributed by atoms with Crippen LogP contribution in [-0.2, 0) is 4.79 Å². The molecule has 1 aromatic carbocycles. The molecule has 0 fully saturated rings. The lowest BCUT2D eigenvalue weighted by atomic mass is 10.2. The number of aryl methyl sites for hydroxylation is 1. The van der Waals surface area contributed by atoms with E-state index in [1.54, 1.807) is 0 Å². The molecule has 0 aromatic heterocycles. The minimum absolute atomic E-state index is 0. The highest BCUT2D eigenvalue weighted by atomic mass is 35.5. The SMILES string of the molecule is Cc1cccc(OCCNC(=O)CCN)c1.Cl. The molecular weight excluding hydrogens is 240 g/mol. The van der Waals surface area contributed by atoms with E-state index in [0.29, 0.717) is 26.1 Å². The molecule has 1 rings (SSSR count). The first kappa shape index (κ1) is 15.7. The molecule has 0 spiro atoms. The Kier molecular flexibility index (Phi) is 8.19. The zero-order chi connectivity index (χ0) is 11.8. The van der Waals surface area contributed by atoms with Gasteiger partial charge < -0.3 is 15.8 Å². The molecule has 4 nitrogen and oxygen atoms in total. The van der Waals surface area contributed by atoms with Gasteiger partial charge in [-0.05, 0) is 24.6 Å². The van der Waals surface area contributed by atoms with E-state index in [-0.39, 0.29) is 18.3 Å². The number of benzene rings is 1. The van der Waals surface area contributed by atoms with Crippen LogP contribution >= 0.6 is 12.4 Å². The van der Waals surface area contributed by atoms with Crippen LogP contribution in [0, 0.1) is 6.92 Å². The summed E-state index contributed by atoms with van der Waals surface area (Å²) in [6.07, 6.45) is 0.366. The van der Waals surface area contributed by atoms with Crippen molar-refractivity contribution in [2.75, 3.05) is 19.7 Å². The first-order chi connectivity index (χ1) is 7.72. The Bertz CT molecular complexity index is 345. The van der Waals surface area contributed by atoms with Crippen molar-refractivity contribution in [3.8, 4) is 5.75 Å². The number of amides is 1. The maximum atomic E-state index is 11.1. The number of ether oxygens (including phenoxy) is 1. The maximum absolute atomic E-state index is 11.1. The summed E-state index contributed by atoms with van der Waals surface area (Å²) in [7, 11) is 0. The van der Waals surface area contributed by atoms with E-state index >= 15 is 0 Å². The van der Waals surface area contributed by atoms with Crippen LogP contribution in [0.5, 0.6) is 5.75 Å². The van der Waals surface area contributed by atoms with Gasteiger partial charge in [-0.2, -0.15) is 0 Å². The normalized spacial score (nSPS) is 9.29. The molecule has 0 aliphatic rings. The average Bonchev–Trinajstić information content (AvgIpc) is 2.25. The summed E-state index contributed by atoms with van der Waals surface area (Å²) in [6.45, 7) is 3.37. The molecule has 0 unspecified atom stereocenters. The Morgan fingerprint density at radius 2 is 2.24 bits per heavy atom. The molecule has 0 saturated heterocycles. The molecular formula is C12H19ClN2O2. The molecule has 17 heavy (non-hydrogen) atoms. The van der Waals surface area contributed by atoms with E-state index in [0.717, 1.165) is 11.3 Å². The lowest BCUT2D eigenvalue weighted by molar-refractivity contribution is -0.120. The van der Waals surface area contributed by atoms with E-state index < -0.39 is 0 Å². The summed E-state index contributed by atoms with van der Waals surface area (Å²) in [5.41, 5.74) is 6.41. The monoisotopic (exact) mass is 258 g/mol. The molecule has 96 valence electrons. The quantitative estimate of drug-likeness (QED) is 0.755. The van der Waals surface area contributed by atoms with Crippen LogP contribution in [0.15, 0.2) is 24.3 Å². The number of carbonyl (C=O) groups excluding carboxylic acids is 1. The number of carbonyl (C=O) groups is 1. The van der Waals surface area contributed by atoms with Gasteiger partial charge in [0.25, 0.3) is 0 Å². The van der Waals surface area contributed by atoms with Crippen molar-refractivity contribution in [3.05, 3.63) is 29.8 Å². The van der Waals surface area contributed by atoms with Gasteiger partial charge in [0.05, 0.1) is 6.54 Å². The molecule has 0 heterocycles. The van der Waals surface area contributed by atoms with Crippen molar-refractivity contribution in [3.63, 3.8) is 0 Å². The summed E-state index contributed by atoms with van der Waals surface area (Å²) in [6, 6.07) is 7.81. The minimum atomic E-state index is -0.0321. The maximum Gasteiger partial charge on any atom is 0.221 e. The Labute approximate surface area is 108 Å². The second kappa shape index (κ2) is 8.84. The highest BCUT2D eigenvalue weighted by Crippen LogP contribution is 2.11. The van der Waals surface area contributed by atoms with Crippen LogP contribution in [0.3, 0.4) is 0 Å². The minimum Gasteiger partial charge on any atom is -0.492 e. The topological polar surface area (TPSA) is 64.3 Å². The van der Waals surface area contributed by atoms with Gasteiger partial charge in [-0.15, -0.1) is 12.4 Å². The molecule has 0 aliphatic carbocycles. The van der Waals surface area contributed by atoms with Gasteiger partial charge in [-0.25, -0.2) is 0 Å². The number of hydrogen-bond donors (Lipinski definition) is 2. The molecule has 0 radical (unpaired) electrons. The van der Waals surface area contributed by atoms with Gasteiger partial charge >= 0.3 is 0 Å². The van der Waals surface area contributed by atoms with Gasteiger partial charge in [0.15, 0.2) is 0 Å². The summed E-state index contributed by atoms with van der Waals surface area (Å²) >= 11 is 0. The zero-order valence-corrected chi connectivity index (χ0v) is 10.8. The lowest BCUT2D eigenvalue weighted by Crippen LogP contribution is -2.29. The van der Waals surface area contributed by atoms with Crippen LogP contribution in [-0.4, -0.2) is 25.6 Å². The summed E-state index contributed by atoms with van der Waals surface area (Å²) in [4.78, 5) is 11.1. The van der Waals surface area contributed by atoms with Crippen LogP contribution < -0.4 is 15.8 Å². The van der Waals surface area contributed by atoms with E-state index in [2.05, 4.69) is 5.32 Å².